The summed E-state index contributed by atoms with van der Waals surface area (Å²) in [6.45, 7) is 5.53. The number of carbonyl (C=O) groups is 3. The van der Waals surface area contributed by atoms with Crippen LogP contribution in [0.25, 0.3) is 0 Å². The van der Waals surface area contributed by atoms with Crippen LogP contribution in [0.4, 0.5) is 4.79 Å². The van der Waals surface area contributed by atoms with Crippen molar-refractivity contribution in [1.29, 1.82) is 0 Å². The van der Waals surface area contributed by atoms with Gasteiger partial charge in [0.05, 0.1) is 0 Å². The normalized spacial score (nSPS) is 19.1. The Kier molecular flexibility index (Phi) is 4.99. The molecule has 1 saturated heterocycles. The first-order valence-electron chi connectivity index (χ1n) is 8.89. The van der Waals surface area contributed by atoms with E-state index in [2.05, 4.69) is 10.7 Å². The maximum Gasteiger partial charge on any atom is 0.344 e. The number of nitrogens with one attached hydrogen (secondary N) is 2. The first-order valence-corrected chi connectivity index (χ1v) is 8.89. The van der Waals surface area contributed by atoms with E-state index in [0.717, 1.165) is 21.7 Å². The van der Waals surface area contributed by atoms with Gasteiger partial charge in [-0.25, -0.2) is 4.79 Å². The van der Waals surface area contributed by atoms with Gasteiger partial charge >= 0.3 is 6.03 Å². The lowest BCUT2D eigenvalue weighted by Crippen LogP contribution is -2.49. The van der Waals surface area contributed by atoms with Crippen LogP contribution in [-0.4, -0.2) is 28.4 Å². The molecule has 1 heterocycles. The first-order chi connectivity index (χ1) is 12.8. The molecule has 2 aromatic rings. The highest BCUT2D eigenvalue weighted by atomic mass is 16.2. The Bertz CT molecular complexity index is 895. The van der Waals surface area contributed by atoms with E-state index in [-0.39, 0.29) is 0 Å². The van der Waals surface area contributed by atoms with Crippen molar-refractivity contribution < 1.29 is 14.4 Å². The molecule has 2 N–H and O–H groups in total. The van der Waals surface area contributed by atoms with Gasteiger partial charge in [0.1, 0.15) is 5.54 Å². The first kappa shape index (κ1) is 18.6. The molecule has 140 valence electrons. The Morgan fingerprint density at radius 1 is 1.07 bits per heavy atom. The van der Waals surface area contributed by atoms with Gasteiger partial charge < -0.3 is 5.32 Å². The molecule has 1 unspecified atom stereocenters. The van der Waals surface area contributed by atoms with Gasteiger partial charge in [0, 0.05) is 5.56 Å². The van der Waals surface area contributed by atoms with Crippen molar-refractivity contribution in [1.82, 2.24) is 15.8 Å². The van der Waals surface area contributed by atoms with Gasteiger partial charge in [-0.3, -0.25) is 15.0 Å². The number of imide groups is 1. The van der Waals surface area contributed by atoms with Crippen molar-refractivity contribution in [3.63, 3.8) is 0 Å². The number of benzene rings is 2. The second-order valence-corrected chi connectivity index (χ2v) is 7.13. The number of amides is 4. The molecule has 0 radical (unpaired) electrons. The van der Waals surface area contributed by atoms with Crippen molar-refractivity contribution in [2.45, 2.75) is 39.2 Å². The molecule has 0 bridgehead atoms. The fourth-order valence-corrected chi connectivity index (χ4v) is 3.04. The average molecular weight is 365 g/mol. The fourth-order valence-electron chi connectivity index (χ4n) is 3.04. The molecule has 2 aromatic carbocycles. The summed E-state index contributed by atoms with van der Waals surface area (Å²) in [4.78, 5) is 37.5. The molecule has 0 saturated carbocycles. The Morgan fingerprint density at radius 2 is 1.78 bits per heavy atom. The lowest BCUT2D eigenvalue weighted by molar-refractivity contribution is -0.132. The molecule has 4 amide bonds. The molecule has 0 spiro atoms. The van der Waals surface area contributed by atoms with E-state index in [0.29, 0.717) is 18.4 Å². The van der Waals surface area contributed by atoms with Crippen LogP contribution in [0.5, 0.6) is 0 Å². The minimum atomic E-state index is -1.05. The summed E-state index contributed by atoms with van der Waals surface area (Å²) in [5, 5.41) is 3.48. The SMILES string of the molecule is Cc1ccc(C(=O)NN2C(=O)NC(C)(CCc3ccccc3)C2=O)cc1C. The Labute approximate surface area is 158 Å². The van der Waals surface area contributed by atoms with Crippen LogP contribution in [0.15, 0.2) is 48.5 Å². The number of carbonyl (C=O) groups excluding carboxylic acids is 3. The third-order valence-electron chi connectivity index (χ3n) is 5.00. The molecule has 1 atom stereocenters. The highest BCUT2D eigenvalue weighted by molar-refractivity contribution is 6.09. The quantitative estimate of drug-likeness (QED) is 0.800. The third kappa shape index (κ3) is 3.84. The van der Waals surface area contributed by atoms with E-state index in [9.17, 15) is 14.4 Å². The highest BCUT2D eigenvalue weighted by Crippen LogP contribution is 2.22. The molecule has 27 heavy (non-hydrogen) atoms. The van der Waals surface area contributed by atoms with Crippen molar-refractivity contribution in [2.75, 3.05) is 0 Å². The lowest BCUT2D eigenvalue weighted by atomic mass is 9.93. The summed E-state index contributed by atoms with van der Waals surface area (Å²) in [6, 6.07) is 14.4. The van der Waals surface area contributed by atoms with Gasteiger partial charge in [0.2, 0.25) is 0 Å². The molecule has 0 aromatic heterocycles. The molecule has 6 nitrogen and oxygen atoms in total. The Hall–Kier alpha value is -3.15. The summed E-state index contributed by atoms with van der Waals surface area (Å²) in [7, 11) is 0. The van der Waals surface area contributed by atoms with Crippen LogP contribution < -0.4 is 10.7 Å². The highest BCUT2D eigenvalue weighted by Gasteiger charge is 2.48. The fraction of sp³-hybridized carbons (Fsp3) is 0.286. The van der Waals surface area contributed by atoms with Crippen LogP contribution in [0.3, 0.4) is 0 Å². The maximum atomic E-state index is 12.8. The van der Waals surface area contributed by atoms with Crippen LogP contribution in [0.2, 0.25) is 0 Å². The minimum Gasteiger partial charge on any atom is -0.322 e. The molecular weight excluding hydrogens is 342 g/mol. The topological polar surface area (TPSA) is 78.5 Å². The van der Waals surface area contributed by atoms with Crippen LogP contribution in [-0.2, 0) is 11.2 Å². The van der Waals surface area contributed by atoms with Gasteiger partial charge in [0.15, 0.2) is 0 Å². The number of hydrogen-bond acceptors (Lipinski definition) is 3. The van der Waals surface area contributed by atoms with Crippen molar-refractivity contribution in [2.24, 2.45) is 0 Å². The number of hydrazine groups is 1. The third-order valence-corrected chi connectivity index (χ3v) is 5.00. The number of aryl methyl sites for hydroxylation is 3. The summed E-state index contributed by atoms with van der Waals surface area (Å²) >= 11 is 0. The summed E-state index contributed by atoms with van der Waals surface area (Å²) in [5.41, 5.74) is 4.89. The molecule has 6 heteroatoms. The van der Waals surface area contributed by atoms with Crippen molar-refractivity contribution in [3.05, 3.63) is 70.8 Å². The Balaban J connectivity index is 1.69. The monoisotopic (exact) mass is 365 g/mol. The number of rotatable bonds is 5. The van der Waals surface area contributed by atoms with E-state index in [4.69, 9.17) is 0 Å². The zero-order valence-electron chi connectivity index (χ0n) is 15.7. The molecule has 3 rings (SSSR count). The van der Waals surface area contributed by atoms with Gasteiger partial charge in [-0.05, 0) is 62.4 Å². The van der Waals surface area contributed by atoms with Crippen LogP contribution >= 0.6 is 0 Å². The Morgan fingerprint density at radius 3 is 2.44 bits per heavy atom. The summed E-state index contributed by atoms with van der Waals surface area (Å²) < 4.78 is 0. The van der Waals surface area contributed by atoms with Crippen LogP contribution in [0, 0.1) is 13.8 Å². The average Bonchev–Trinajstić information content (AvgIpc) is 2.86. The van der Waals surface area contributed by atoms with Gasteiger partial charge in [-0.2, -0.15) is 5.01 Å². The van der Waals surface area contributed by atoms with E-state index in [1.807, 2.05) is 50.2 Å². The summed E-state index contributed by atoms with van der Waals surface area (Å²) in [6.07, 6.45) is 1.08. The minimum absolute atomic E-state index is 0.400. The molecule has 0 aliphatic carbocycles. The van der Waals surface area contributed by atoms with Gasteiger partial charge in [0.25, 0.3) is 11.8 Å². The van der Waals surface area contributed by atoms with Gasteiger partial charge in [-0.15, -0.1) is 0 Å². The predicted molar refractivity (Wildman–Crippen MR) is 102 cm³/mol. The van der Waals surface area contributed by atoms with E-state index < -0.39 is 23.4 Å². The summed E-state index contributed by atoms with van der Waals surface area (Å²) in [5.74, 6) is -0.950. The second-order valence-electron chi connectivity index (χ2n) is 7.13. The predicted octanol–water partition coefficient (Wildman–Crippen LogP) is 2.89. The molecular formula is C21H23N3O3. The standard InChI is InChI=1S/C21H23N3O3/c1-14-9-10-17(13-15(14)2)18(25)23-24-19(26)21(3,22-20(24)27)12-11-16-7-5-4-6-8-16/h4-10,13H,11-12H2,1-3H3,(H,22,27)(H,23,25). The van der Waals surface area contributed by atoms with Crippen molar-refractivity contribution in [3.8, 4) is 0 Å². The zero-order chi connectivity index (χ0) is 19.6. The molecule has 1 aliphatic heterocycles. The molecule has 1 aliphatic rings. The van der Waals surface area contributed by atoms with E-state index >= 15 is 0 Å². The smallest absolute Gasteiger partial charge is 0.322 e. The van der Waals surface area contributed by atoms with E-state index in [1.54, 1.807) is 19.1 Å². The molecule has 1 fully saturated rings. The lowest BCUT2D eigenvalue weighted by Gasteiger charge is -2.21. The number of urea groups is 1. The zero-order valence-corrected chi connectivity index (χ0v) is 15.7. The second kappa shape index (κ2) is 7.23. The number of nitrogens with zero attached hydrogens (tertiary/aromatic N) is 1. The van der Waals surface area contributed by atoms with Crippen molar-refractivity contribution >= 4 is 17.8 Å². The maximum absolute atomic E-state index is 12.8. The number of hydrogen-bond donors (Lipinski definition) is 2. The largest absolute Gasteiger partial charge is 0.344 e. The van der Waals surface area contributed by atoms with Crippen LogP contribution in [0.1, 0.15) is 40.4 Å². The van der Waals surface area contributed by atoms with Gasteiger partial charge in [-0.1, -0.05) is 36.4 Å². The van der Waals surface area contributed by atoms with E-state index in [1.165, 1.54) is 0 Å².